The predicted octanol–water partition coefficient (Wildman–Crippen LogP) is 3.84. The van der Waals surface area contributed by atoms with E-state index in [0.717, 1.165) is 30.6 Å². The molecule has 0 aliphatic carbocycles. The van der Waals surface area contributed by atoms with Crippen molar-refractivity contribution < 1.29 is 14.3 Å². The SMILES string of the molecule is O=C(CSc1nnc(NC(=O)c2ccc(-c3ccccc3)cc2)s1)NCC1CCCO1. The molecular formula is C22H22N4O3S2. The van der Waals surface area contributed by atoms with Crippen LogP contribution in [0.1, 0.15) is 23.2 Å². The average molecular weight is 455 g/mol. The number of thioether (sulfide) groups is 1. The van der Waals surface area contributed by atoms with Gasteiger partial charge in [-0.1, -0.05) is 65.6 Å². The number of ether oxygens (including phenoxy) is 1. The molecule has 2 heterocycles. The highest BCUT2D eigenvalue weighted by Gasteiger charge is 2.17. The molecule has 1 saturated heterocycles. The molecule has 0 radical (unpaired) electrons. The van der Waals surface area contributed by atoms with Crippen molar-refractivity contribution in [2.75, 3.05) is 24.2 Å². The van der Waals surface area contributed by atoms with E-state index in [1.165, 1.54) is 23.1 Å². The lowest BCUT2D eigenvalue weighted by Crippen LogP contribution is -2.32. The van der Waals surface area contributed by atoms with E-state index in [9.17, 15) is 9.59 Å². The number of nitrogens with zero attached hydrogens (tertiary/aromatic N) is 2. The van der Waals surface area contributed by atoms with Gasteiger partial charge in [0.15, 0.2) is 4.34 Å². The Kier molecular flexibility index (Phi) is 7.29. The molecule has 1 atom stereocenters. The quantitative estimate of drug-likeness (QED) is 0.397. The van der Waals surface area contributed by atoms with Crippen LogP contribution in [0.25, 0.3) is 11.1 Å². The summed E-state index contributed by atoms with van der Waals surface area (Å²) in [4.78, 5) is 24.5. The molecule has 0 spiro atoms. The van der Waals surface area contributed by atoms with Crippen LogP contribution in [-0.2, 0) is 9.53 Å². The van der Waals surface area contributed by atoms with Crippen LogP contribution in [0.15, 0.2) is 58.9 Å². The maximum atomic E-state index is 12.5. The Hall–Kier alpha value is -2.75. The molecule has 1 aliphatic rings. The Balaban J connectivity index is 1.25. The van der Waals surface area contributed by atoms with Crippen molar-refractivity contribution in [2.45, 2.75) is 23.3 Å². The van der Waals surface area contributed by atoms with Gasteiger partial charge in [0.1, 0.15) is 0 Å². The van der Waals surface area contributed by atoms with Crippen molar-refractivity contribution in [3.05, 3.63) is 60.2 Å². The molecule has 1 aromatic heterocycles. The number of benzene rings is 2. The largest absolute Gasteiger partial charge is 0.376 e. The minimum absolute atomic E-state index is 0.0696. The molecule has 2 amide bonds. The van der Waals surface area contributed by atoms with Gasteiger partial charge in [-0.2, -0.15) is 0 Å². The van der Waals surface area contributed by atoms with Gasteiger partial charge in [0, 0.05) is 18.7 Å². The number of hydrogen-bond acceptors (Lipinski definition) is 7. The Morgan fingerprint density at radius 2 is 1.84 bits per heavy atom. The van der Waals surface area contributed by atoms with E-state index in [2.05, 4.69) is 20.8 Å². The lowest BCUT2D eigenvalue weighted by atomic mass is 10.0. The van der Waals surface area contributed by atoms with Gasteiger partial charge >= 0.3 is 0 Å². The van der Waals surface area contributed by atoms with Crippen molar-refractivity contribution in [3.63, 3.8) is 0 Å². The van der Waals surface area contributed by atoms with Crippen LogP contribution < -0.4 is 10.6 Å². The van der Waals surface area contributed by atoms with Gasteiger partial charge in [0.05, 0.1) is 11.9 Å². The number of nitrogens with one attached hydrogen (secondary N) is 2. The fraction of sp³-hybridized carbons (Fsp3) is 0.273. The van der Waals surface area contributed by atoms with E-state index in [1.54, 1.807) is 12.1 Å². The molecule has 2 N–H and O–H groups in total. The highest BCUT2D eigenvalue weighted by molar-refractivity contribution is 8.01. The zero-order chi connectivity index (χ0) is 21.5. The summed E-state index contributed by atoms with van der Waals surface area (Å²) in [7, 11) is 0. The predicted molar refractivity (Wildman–Crippen MR) is 122 cm³/mol. The molecular weight excluding hydrogens is 432 g/mol. The molecule has 4 rings (SSSR count). The third kappa shape index (κ3) is 6.13. The van der Waals surface area contributed by atoms with Crippen LogP contribution in [0.4, 0.5) is 5.13 Å². The number of carbonyl (C=O) groups excluding carboxylic acids is 2. The molecule has 0 bridgehead atoms. The van der Waals surface area contributed by atoms with Crippen molar-refractivity contribution >= 4 is 40.0 Å². The normalized spacial score (nSPS) is 15.5. The molecule has 3 aromatic rings. The zero-order valence-corrected chi connectivity index (χ0v) is 18.4. The summed E-state index contributed by atoms with van der Waals surface area (Å²) in [5.41, 5.74) is 2.68. The number of hydrogen-bond donors (Lipinski definition) is 2. The summed E-state index contributed by atoms with van der Waals surface area (Å²) < 4.78 is 6.12. The summed E-state index contributed by atoms with van der Waals surface area (Å²) in [5.74, 6) is -0.0719. The fourth-order valence-corrected chi connectivity index (χ4v) is 4.72. The monoisotopic (exact) mass is 454 g/mol. The van der Waals surface area contributed by atoms with Crippen LogP contribution >= 0.6 is 23.1 Å². The van der Waals surface area contributed by atoms with Gasteiger partial charge in [-0.3, -0.25) is 14.9 Å². The zero-order valence-electron chi connectivity index (χ0n) is 16.7. The Labute approximate surface area is 188 Å². The van der Waals surface area contributed by atoms with Crippen molar-refractivity contribution in [2.24, 2.45) is 0 Å². The first-order valence-electron chi connectivity index (χ1n) is 9.99. The van der Waals surface area contributed by atoms with Gasteiger partial charge in [-0.15, -0.1) is 10.2 Å². The first-order valence-corrected chi connectivity index (χ1v) is 11.8. The molecule has 31 heavy (non-hydrogen) atoms. The molecule has 0 saturated carbocycles. The molecule has 160 valence electrons. The first-order chi connectivity index (χ1) is 15.2. The van der Waals surface area contributed by atoms with E-state index < -0.39 is 0 Å². The third-order valence-electron chi connectivity index (χ3n) is 4.76. The van der Waals surface area contributed by atoms with Gasteiger partial charge < -0.3 is 10.1 Å². The fourth-order valence-electron chi connectivity index (χ4n) is 3.14. The molecule has 9 heteroatoms. The van der Waals surface area contributed by atoms with Crippen LogP contribution in [-0.4, -0.2) is 47.0 Å². The van der Waals surface area contributed by atoms with Gasteiger partial charge in [-0.05, 0) is 36.1 Å². The van der Waals surface area contributed by atoms with E-state index in [4.69, 9.17) is 4.74 Å². The number of aromatic nitrogens is 2. The van der Waals surface area contributed by atoms with E-state index in [1.807, 2.05) is 42.5 Å². The second-order valence-corrected chi connectivity index (χ2v) is 9.20. The lowest BCUT2D eigenvalue weighted by Gasteiger charge is -2.09. The second kappa shape index (κ2) is 10.5. The lowest BCUT2D eigenvalue weighted by molar-refractivity contribution is -0.119. The van der Waals surface area contributed by atoms with Crippen molar-refractivity contribution in [1.82, 2.24) is 15.5 Å². The van der Waals surface area contributed by atoms with Crippen LogP contribution in [0.2, 0.25) is 0 Å². The molecule has 1 aliphatic heterocycles. The van der Waals surface area contributed by atoms with Crippen LogP contribution in [0.3, 0.4) is 0 Å². The minimum atomic E-state index is -0.249. The average Bonchev–Trinajstić information content (AvgIpc) is 3.49. The van der Waals surface area contributed by atoms with Crippen LogP contribution in [0.5, 0.6) is 0 Å². The Morgan fingerprint density at radius 3 is 2.58 bits per heavy atom. The topological polar surface area (TPSA) is 93.2 Å². The smallest absolute Gasteiger partial charge is 0.257 e. The maximum absolute atomic E-state index is 12.5. The molecule has 7 nitrogen and oxygen atoms in total. The molecule has 1 unspecified atom stereocenters. The Morgan fingerprint density at radius 1 is 1.06 bits per heavy atom. The maximum Gasteiger partial charge on any atom is 0.257 e. The summed E-state index contributed by atoms with van der Waals surface area (Å²) in [6.45, 7) is 1.31. The minimum Gasteiger partial charge on any atom is -0.376 e. The highest BCUT2D eigenvalue weighted by atomic mass is 32.2. The van der Waals surface area contributed by atoms with Gasteiger partial charge in [-0.25, -0.2) is 0 Å². The van der Waals surface area contributed by atoms with Crippen molar-refractivity contribution in [3.8, 4) is 11.1 Å². The standard InChI is InChI=1S/C22H22N4O3S2/c27-19(23-13-18-7-4-12-29-18)14-30-22-26-25-21(31-22)24-20(28)17-10-8-16(9-11-17)15-5-2-1-3-6-15/h1-3,5-6,8-11,18H,4,7,12-14H2,(H,23,27)(H,24,25,28). The van der Waals surface area contributed by atoms with Crippen LogP contribution in [0, 0.1) is 0 Å². The first kappa shape index (κ1) is 21.5. The second-order valence-electron chi connectivity index (χ2n) is 7.00. The summed E-state index contributed by atoms with van der Waals surface area (Å²) >= 11 is 2.54. The Bertz CT molecular complexity index is 1020. The molecule has 1 fully saturated rings. The summed E-state index contributed by atoms with van der Waals surface area (Å²) in [6.07, 6.45) is 2.16. The highest BCUT2D eigenvalue weighted by Crippen LogP contribution is 2.26. The summed E-state index contributed by atoms with van der Waals surface area (Å²) in [6, 6.07) is 17.4. The van der Waals surface area contributed by atoms with Gasteiger partial charge in [0.2, 0.25) is 11.0 Å². The number of amides is 2. The summed E-state index contributed by atoms with van der Waals surface area (Å²) in [5, 5.41) is 14.1. The number of rotatable bonds is 8. The van der Waals surface area contributed by atoms with E-state index in [0.29, 0.717) is 21.6 Å². The van der Waals surface area contributed by atoms with E-state index >= 15 is 0 Å². The number of anilines is 1. The third-order valence-corrected chi connectivity index (χ3v) is 6.73. The van der Waals surface area contributed by atoms with Crippen molar-refractivity contribution in [1.29, 1.82) is 0 Å². The molecule has 2 aromatic carbocycles. The number of carbonyl (C=O) groups is 2. The van der Waals surface area contributed by atoms with E-state index in [-0.39, 0.29) is 23.7 Å². The van der Waals surface area contributed by atoms with Gasteiger partial charge in [0.25, 0.3) is 5.91 Å².